The van der Waals surface area contributed by atoms with Gasteiger partial charge in [0.05, 0.1) is 16.3 Å². The summed E-state index contributed by atoms with van der Waals surface area (Å²) in [5, 5.41) is 0. The summed E-state index contributed by atoms with van der Waals surface area (Å²) in [7, 11) is -0.553. The molecule has 5 nitrogen and oxygen atoms in total. The van der Waals surface area contributed by atoms with Crippen LogP contribution in [0, 0.1) is 0 Å². The van der Waals surface area contributed by atoms with Crippen molar-refractivity contribution < 1.29 is 17.9 Å². The third-order valence-corrected chi connectivity index (χ3v) is 5.79. The molecule has 1 atom stereocenters. The molecule has 2 rings (SSSR count). The summed E-state index contributed by atoms with van der Waals surface area (Å²) in [6, 6.07) is 9.76. The molecule has 1 heterocycles. The Kier molecular flexibility index (Phi) is 5.82. The van der Waals surface area contributed by atoms with E-state index in [1.165, 1.54) is 37.7 Å². The zero-order valence-electron chi connectivity index (χ0n) is 12.1. The van der Waals surface area contributed by atoms with Crippen molar-refractivity contribution in [1.82, 2.24) is 4.72 Å². The van der Waals surface area contributed by atoms with Crippen molar-refractivity contribution in [1.29, 1.82) is 0 Å². The maximum absolute atomic E-state index is 12.3. The van der Waals surface area contributed by atoms with Crippen molar-refractivity contribution >= 4 is 33.0 Å². The summed E-state index contributed by atoms with van der Waals surface area (Å²) in [6.07, 6.45) is -0.384. The van der Waals surface area contributed by atoms with Crippen molar-refractivity contribution in [2.45, 2.75) is 11.0 Å². The molecule has 22 heavy (non-hydrogen) atoms. The molecule has 0 aliphatic carbocycles. The quantitative estimate of drug-likeness (QED) is 0.823. The molecule has 1 unspecified atom stereocenters. The first-order valence-electron chi connectivity index (χ1n) is 6.38. The summed E-state index contributed by atoms with van der Waals surface area (Å²) < 4.78 is 38.0. The zero-order valence-corrected chi connectivity index (χ0v) is 14.5. The Bertz CT molecular complexity index is 713. The Morgan fingerprint density at radius 2 is 1.86 bits per heavy atom. The average molecular weight is 362 g/mol. The molecule has 120 valence electrons. The van der Waals surface area contributed by atoms with E-state index in [-0.39, 0.29) is 17.5 Å². The highest BCUT2D eigenvalue weighted by molar-refractivity contribution is 7.89. The topological polar surface area (TPSA) is 64.6 Å². The lowest BCUT2D eigenvalue weighted by Gasteiger charge is -2.15. The predicted octanol–water partition coefficient (Wildman–Crippen LogP) is 3.08. The number of thiophene rings is 1. The molecule has 2 aromatic rings. The van der Waals surface area contributed by atoms with Crippen LogP contribution in [0.5, 0.6) is 5.75 Å². The molecule has 0 aliphatic rings. The molecule has 0 bridgehead atoms. The predicted molar refractivity (Wildman–Crippen MR) is 87.3 cm³/mol. The summed E-state index contributed by atoms with van der Waals surface area (Å²) in [4.78, 5) is 1.04. The summed E-state index contributed by atoms with van der Waals surface area (Å²) >= 11 is 7.25. The number of sulfonamides is 1. The van der Waals surface area contributed by atoms with E-state index in [1.54, 1.807) is 18.2 Å². The molecule has 0 spiro atoms. The van der Waals surface area contributed by atoms with Crippen LogP contribution in [-0.2, 0) is 14.8 Å². The fourth-order valence-corrected chi connectivity index (χ4v) is 4.00. The molecule has 1 N–H and O–H groups in total. The van der Waals surface area contributed by atoms with Crippen LogP contribution in [0.15, 0.2) is 41.3 Å². The van der Waals surface area contributed by atoms with Gasteiger partial charge in [0, 0.05) is 18.5 Å². The molecule has 0 saturated carbocycles. The van der Waals surface area contributed by atoms with Gasteiger partial charge in [-0.25, -0.2) is 13.1 Å². The normalized spacial score (nSPS) is 13.0. The maximum atomic E-state index is 12.3. The Labute approximate surface area is 138 Å². The Balaban J connectivity index is 2.07. The summed E-state index contributed by atoms with van der Waals surface area (Å²) in [6.45, 7) is 0.127. The van der Waals surface area contributed by atoms with Crippen LogP contribution in [0.2, 0.25) is 4.34 Å². The zero-order chi connectivity index (χ0) is 16.2. The number of rotatable bonds is 7. The van der Waals surface area contributed by atoms with Gasteiger partial charge in [0.2, 0.25) is 10.0 Å². The maximum Gasteiger partial charge on any atom is 0.240 e. The molecule has 0 aliphatic heterocycles. The molecular weight excluding hydrogens is 346 g/mol. The van der Waals surface area contributed by atoms with Gasteiger partial charge in [0.25, 0.3) is 0 Å². The molecule has 8 heteroatoms. The third kappa shape index (κ3) is 4.21. The van der Waals surface area contributed by atoms with Crippen LogP contribution in [0.3, 0.4) is 0 Å². The van der Waals surface area contributed by atoms with E-state index >= 15 is 0 Å². The largest absolute Gasteiger partial charge is 0.497 e. The third-order valence-electron chi connectivity index (χ3n) is 3.02. The first-order valence-corrected chi connectivity index (χ1v) is 9.06. The van der Waals surface area contributed by atoms with Crippen molar-refractivity contribution in [3.8, 4) is 5.75 Å². The SMILES string of the molecule is COc1ccc(S(=O)(=O)NCC(OC)c2ccc(Cl)s2)cc1. The van der Waals surface area contributed by atoms with Crippen LogP contribution in [0.25, 0.3) is 0 Å². The van der Waals surface area contributed by atoms with Crippen LogP contribution >= 0.6 is 22.9 Å². The van der Waals surface area contributed by atoms with E-state index in [9.17, 15) is 8.42 Å². The standard InChI is InChI=1S/C14H16ClNO4S2/c1-19-10-3-5-11(6-4-10)22(17,18)16-9-12(20-2)13-7-8-14(15)21-13/h3-8,12,16H,9H2,1-2H3. The fraction of sp³-hybridized carbons (Fsp3) is 0.286. The lowest BCUT2D eigenvalue weighted by molar-refractivity contribution is 0.110. The van der Waals surface area contributed by atoms with Crippen LogP contribution in [-0.4, -0.2) is 29.2 Å². The first kappa shape index (κ1) is 17.2. The monoisotopic (exact) mass is 361 g/mol. The first-order chi connectivity index (χ1) is 10.5. The van der Waals surface area contributed by atoms with Crippen LogP contribution in [0.1, 0.15) is 11.0 Å². The van der Waals surface area contributed by atoms with Gasteiger partial charge in [-0.15, -0.1) is 11.3 Å². The molecule has 0 amide bonds. The van der Waals surface area contributed by atoms with E-state index in [0.717, 1.165) is 4.88 Å². The Morgan fingerprint density at radius 3 is 2.36 bits per heavy atom. The highest BCUT2D eigenvalue weighted by atomic mass is 35.5. The fourth-order valence-electron chi connectivity index (χ4n) is 1.83. The second-order valence-electron chi connectivity index (χ2n) is 4.39. The summed E-state index contributed by atoms with van der Waals surface area (Å²) in [5.74, 6) is 0.599. The van der Waals surface area contributed by atoms with Gasteiger partial charge in [0.15, 0.2) is 0 Å². The second-order valence-corrected chi connectivity index (χ2v) is 7.91. The van der Waals surface area contributed by atoms with Gasteiger partial charge < -0.3 is 9.47 Å². The molecule has 1 aromatic heterocycles. The lowest BCUT2D eigenvalue weighted by atomic mass is 10.3. The molecule has 1 aromatic carbocycles. The van der Waals surface area contributed by atoms with E-state index in [2.05, 4.69) is 4.72 Å². The molecule has 0 saturated heterocycles. The highest BCUT2D eigenvalue weighted by Crippen LogP contribution is 2.28. The van der Waals surface area contributed by atoms with Gasteiger partial charge >= 0.3 is 0 Å². The molecule has 0 radical (unpaired) electrons. The number of methoxy groups -OCH3 is 2. The smallest absolute Gasteiger partial charge is 0.240 e. The number of nitrogens with one attached hydrogen (secondary N) is 1. The number of benzene rings is 1. The Hall–Kier alpha value is -1.12. The second kappa shape index (κ2) is 7.43. The minimum atomic E-state index is -3.61. The number of hydrogen-bond donors (Lipinski definition) is 1. The van der Waals surface area contributed by atoms with Gasteiger partial charge in [-0.3, -0.25) is 0 Å². The van der Waals surface area contributed by atoms with E-state index in [0.29, 0.717) is 10.1 Å². The summed E-state index contributed by atoms with van der Waals surface area (Å²) in [5.41, 5.74) is 0. The van der Waals surface area contributed by atoms with Gasteiger partial charge in [-0.1, -0.05) is 11.6 Å². The van der Waals surface area contributed by atoms with Gasteiger partial charge in [0.1, 0.15) is 11.9 Å². The lowest BCUT2D eigenvalue weighted by Crippen LogP contribution is -2.29. The van der Waals surface area contributed by atoms with E-state index in [4.69, 9.17) is 21.1 Å². The number of hydrogen-bond acceptors (Lipinski definition) is 5. The average Bonchev–Trinajstić information content (AvgIpc) is 2.94. The van der Waals surface area contributed by atoms with Crippen molar-refractivity contribution in [3.05, 3.63) is 45.6 Å². The van der Waals surface area contributed by atoms with Crippen molar-refractivity contribution in [3.63, 3.8) is 0 Å². The minimum Gasteiger partial charge on any atom is -0.497 e. The van der Waals surface area contributed by atoms with Gasteiger partial charge in [-0.05, 0) is 36.4 Å². The molecule has 0 fully saturated rings. The highest BCUT2D eigenvalue weighted by Gasteiger charge is 2.19. The number of halogens is 1. The number of ether oxygens (including phenoxy) is 2. The van der Waals surface area contributed by atoms with Crippen LogP contribution < -0.4 is 9.46 Å². The van der Waals surface area contributed by atoms with Crippen LogP contribution in [0.4, 0.5) is 0 Å². The Morgan fingerprint density at radius 1 is 1.18 bits per heavy atom. The minimum absolute atomic E-state index is 0.127. The van der Waals surface area contributed by atoms with Crippen molar-refractivity contribution in [2.75, 3.05) is 20.8 Å². The van der Waals surface area contributed by atoms with Gasteiger partial charge in [-0.2, -0.15) is 0 Å². The molecular formula is C14H16ClNO4S2. The van der Waals surface area contributed by atoms with E-state index < -0.39 is 10.0 Å². The van der Waals surface area contributed by atoms with E-state index in [1.807, 2.05) is 6.07 Å². The van der Waals surface area contributed by atoms with Crippen molar-refractivity contribution in [2.24, 2.45) is 0 Å².